The molecule has 6 nitrogen and oxygen atoms in total. The zero-order chi connectivity index (χ0) is 14.7. The zero-order valence-electron chi connectivity index (χ0n) is 10.8. The molecule has 1 aromatic rings. The number of carbonyl (C=O) groups is 2. The van der Waals surface area contributed by atoms with Gasteiger partial charge in [0.15, 0.2) is 0 Å². The van der Waals surface area contributed by atoms with Gasteiger partial charge in [0.25, 0.3) is 0 Å². The van der Waals surface area contributed by atoms with Gasteiger partial charge in [-0.1, -0.05) is 0 Å². The fourth-order valence-electron chi connectivity index (χ4n) is 2.14. The largest absolute Gasteiger partial charge is 0.478 e. The number of urea groups is 1. The van der Waals surface area contributed by atoms with Crippen LogP contribution in [0, 0.1) is 0 Å². The predicted octanol–water partition coefficient (Wildman–Crippen LogP) is 2.10. The third kappa shape index (κ3) is 3.49. The van der Waals surface area contributed by atoms with Crippen LogP contribution in [0.5, 0.6) is 0 Å². The monoisotopic (exact) mass is 341 g/mol. The number of aromatic carboxylic acids is 1. The van der Waals surface area contributed by atoms with E-state index in [2.05, 4.69) is 21.2 Å². The lowest BCUT2D eigenvalue weighted by Crippen LogP contribution is -2.47. The van der Waals surface area contributed by atoms with Gasteiger partial charge in [0, 0.05) is 23.6 Å². The summed E-state index contributed by atoms with van der Waals surface area (Å²) < 4.78 is 0.636. The highest BCUT2D eigenvalue weighted by atomic mass is 79.9. The number of rotatable bonds is 2. The van der Waals surface area contributed by atoms with Crippen molar-refractivity contribution in [2.45, 2.75) is 18.9 Å². The number of nitrogens with one attached hydrogen (secondary N) is 1. The van der Waals surface area contributed by atoms with Gasteiger partial charge >= 0.3 is 12.0 Å². The molecule has 0 saturated carbocycles. The van der Waals surface area contributed by atoms with Gasteiger partial charge in [-0.05, 0) is 47.0 Å². The second-order valence-corrected chi connectivity index (χ2v) is 5.63. The Hall–Kier alpha value is -1.60. The first-order valence-electron chi connectivity index (χ1n) is 6.31. The number of carboxylic acids is 1. The molecular weight excluding hydrogens is 326 g/mol. The number of anilines is 1. The second kappa shape index (κ2) is 6.23. The van der Waals surface area contributed by atoms with Crippen molar-refractivity contribution < 1.29 is 14.7 Å². The Labute approximate surface area is 125 Å². The Bertz CT molecular complexity index is 536. The summed E-state index contributed by atoms with van der Waals surface area (Å²) in [6, 6.07) is 4.24. The highest BCUT2D eigenvalue weighted by Gasteiger charge is 2.21. The molecular formula is C13H16BrN3O3. The third-order valence-electron chi connectivity index (χ3n) is 3.20. The van der Waals surface area contributed by atoms with Gasteiger partial charge in [0.2, 0.25) is 0 Å². The van der Waals surface area contributed by atoms with Gasteiger partial charge in [0.1, 0.15) is 0 Å². The van der Waals surface area contributed by atoms with Crippen molar-refractivity contribution in [3.05, 3.63) is 28.2 Å². The van der Waals surface area contributed by atoms with Crippen LogP contribution in [0.25, 0.3) is 0 Å². The number of likely N-dealkylation sites (tertiary alicyclic amines) is 1. The summed E-state index contributed by atoms with van der Waals surface area (Å²) in [7, 11) is 0. The maximum absolute atomic E-state index is 12.1. The van der Waals surface area contributed by atoms with E-state index in [-0.39, 0.29) is 17.6 Å². The molecule has 1 aromatic carbocycles. The van der Waals surface area contributed by atoms with E-state index < -0.39 is 5.97 Å². The van der Waals surface area contributed by atoms with Crippen molar-refractivity contribution in [1.29, 1.82) is 0 Å². The van der Waals surface area contributed by atoms with Gasteiger partial charge < -0.3 is 21.1 Å². The SMILES string of the molecule is NC1CCCN(C(=O)Nc2cc(C(=O)O)ccc2Br)C1. The van der Waals surface area contributed by atoms with Gasteiger partial charge in [-0.15, -0.1) is 0 Å². The molecule has 0 aromatic heterocycles. The van der Waals surface area contributed by atoms with Crippen molar-refractivity contribution in [2.24, 2.45) is 5.73 Å². The minimum Gasteiger partial charge on any atom is -0.478 e. The molecule has 20 heavy (non-hydrogen) atoms. The molecule has 1 aliphatic rings. The van der Waals surface area contributed by atoms with E-state index in [1.54, 1.807) is 11.0 Å². The van der Waals surface area contributed by atoms with E-state index >= 15 is 0 Å². The maximum atomic E-state index is 12.1. The molecule has 0 radical (unpaired) electrons. The number of carboxylic acid groups (broad SMARTS) is 1. The molecule has 7 heteroatoms. The van der Waals surface area contributed by atoms with Crippen LogP contribution in [0.2, 0.25) is 0 Å². The highest BCUT2D eigenvalue weighted by molar-refractivity contribution is 9.10. The predicted molar refractivity (Wildman–Crippen MR) is 78.9 cm³/mol. The van der Waals surface area contributed by atoms with Crippen molar-refractivity contribution in [1.82, 2.24) is 4.90 Å². The van der Waals surface area contributed by atoms with Crippen LogP contribution in [-0.2, 0) is 0 Å². The quantitative estimate of drug-likeness (QED) is 0.767. The van der Waals surface area contributed by atoms with Crippen LogP contribution < -0.4 is 11.1 Å². The smallest absolute Gasteiger partial charge is 0.335 e. The third-order valence-corrected chi connectivity index (χ3v) is 3.89. The number of hydrogen-bond acceptors (Lipinski definition) is 3. The number of piperidine rings is 1. The molecule has 4 N–H and O–H groups in total. The number of carbonyl (C=O) groups excluding carboxylic acids is 1. The first-order chi connectivity index (χ1) is 9.47. The molecule has 1 unspecified atom stereocenters. The number of benzene rings is 1. The maximum Gasteiger partial charge on any atom is 0.335 e. The van der Waals surface area contributed by atoms with Crippen LogP contribution in [0.4, 0.5) is 10.5 Å². The second-order valence-electron chi connectivity index (χ2n) is 4.78. The molecule has 1 heterocycles. The molecule has 1 aliphatic heterocycles. The van der Waals surface area contributed by atoms with Crippen LogP contribution in [0.1, 0.15) is 23.2 Å². The fourth-order valence-corrected chi connectivity index (χ4v) is 2.49. The molecule has 0 bridgehead atoms. The number of nitrogens with two attached hydrogens (primary N) is 1. The van der Waals surface area contributed by atoms with Crippen molar-refractivity contribution in [3.8, 4) is 0 Å². The first kappa shape index (κ1) is 14.8. The number of nitrogens with zero attached hydrogens (tertiary/aromatic N) is 1. The summed E-state index contributed by atoms with van der Waals surface area (Å²) in [6.45, 7) is 1.18. The van der Waals surface area contributed by atoms with E-state index in [0.717, 1.165) is 12.8 Å². The van der Waals surface area contributed by atoms with Crippen molar-refractivity contribution in [2.75, 3.05) is 18.4 Å². The Morgan fingerprint density at radius 3 is 2.85 bits per heavy atom. The average Bonchev–Trinajstić information content (AvgIpc) is 2.41. The molecule has 1 saturated heterocycles. The van der Waals surface area contributed by atoms with Gasteiger partial charge in [-0.2, -0.15) is 0 Å². The number of hydrogen-bond donors (Lipinski definition) is 3. The zero-order valence-corrected chi connectivity index (χ0v) is 12.4. The molecule has 0 aliphatic carbocycles. The van der Waals surface area contributed by atoms with Crippen molar-refractivity contribution >= 4 is 33.6 Å². The van der Waals surface area contributed by atoms with Crippen LogP contribution >= 0.6 is 15.9 Å². The Morgan fingerprint density at radius 2 is 2.20 bits per heavy atom. The highest BCUT2D eigenvalue weighted by Crippen LogP contribution is 2.24. The summed E-state index contributed by atoms with van der Waals surface area (Å²) in [4.78, 5) is 24.7. The molecule has 0 spiro atoms. The summed E-state index contributed by atoms with van der Waals surface area (Å²) >= 11 is 3.29. The molecule has 1 fully saturated rings. The van der Waals surface area contributed by atoms with Gasteiger partial charge in [0.05, 0.1) is 11.3 Å². The fraction of sp³-hybridized carbons (Fsp3) is 0.385. The Balaban J connectivity index is 2.10. The van der Waals surface area contributed by atoms with E-state index in [9.17, 15) is 9.59 Å². The lowest BCUT2D eigenvalue weighted by Gasteiger charge is -2.30. The molecule has 108 valence electrons. The average molecular weight is 342 g/mol. The lowest BCUT2D eigenvalue weighted by atomic mass is 10.1. The Kier molecular flexibility index (Phi) is 4.61. The first-order valence-corrected chi connectivity index (χ1v) is 7.11. The summed E-state index contributed by atoms with van der Waals surface area (Å²) in [6.07, 6.45) is 1.80. The van der Waals surface area contributed by atoms with E-state index in [0.29, 0.717) is 23.2 Å². The normalized spacial score (nSPS) is 18.7. The molecule has 1 atom stereocenters. The van der Waals surface area contributed by atoms with Crippen molar-refractivity contribution in [3.63, 3.8) is 0 Å². The van der Waals surface area contributed by atoms with E-state index in [4.69, 9.17) is 10.8 Å². The topological polar surface area (TPSA) is 95.7 Å². The minimum absolute atomic E-state index is 0.00305. The van der Waals surface area contributed by atoms with E-state index in [1.165, 1.54) is 12.1 Å². The summed E-state index contributed by atoms with van der Waals surface area (Å²) in [5.41, 5.74) is 6.40. The summed E-state index contributed by atoms with van der Waals surface area (Å²) in [5, 5.41) is 11.7. The lowest BCUT2D eigenvalue weighted by molar-refractivity contribution is 0.0697. The number of halogens is 1. The minimum atomic E-state index is -1.03. The van der Waals surface area contributed by atoms with Gasteiger partial charge in [-0.25, -0.2) is 9.59 Å². The molecule has 2 amide bonds. The van der Waals surface area contributed by atoms with Crippen LogP contribution in [-0.4, -0.2) is 41.1 Å². The van der Waals surface area contributed by atoms with E-state index in [1.807, 2.05) is 0 Å². The van der Waals surface area contributed by atoms with Crippen LogP contribution in [0.3, 0.4) is 0 Å². The van der Waals surface area contributed by atoms with Crippen LogP contribution in [0.15, 0.2) is 22.7 Å². The molecule has 2 rings (SSSR count). The van der Waals surface area contributed by atoms with Gasteiger partial charge in [-0.3, -0.25) is 0 Å². The Morgan fingerprint density at radius 1 is 1.45 bits per heavy atom. The standard InChI is InChI=1S/C13H16BrN3O3/c14-10-4-3-8(12(18)19)6-11(10)16-13(20)17-5-1-2-9(15)7-17/h3-4,6,9H,1-2,5,7,15H2,(H,16,20)(H,18,19). The summed E-state index contributed by atoms with van der Waals surface area (Å²) in [5.74, 6) is -1.03. The number of amides is 2.